The molecule has 5 rings (SSSR count). The minimum Gasteiger partial charge on any atom is -0.417 e. The van der Waals surface area contributed by atoms with Crippen LogP contribution in [0.4, 0.5) is 10.2 Å². The standard InChI is InChI=1S/C22H28FN5O2/c1-22(2,23)21-26-25-19(30-21)15-8-9-18(24-11-15)27-12-17-10-16(27)13-28(17)20(29)14-6-4-3-5-7-14/h8-9,11,14,16-17H,3-7,10,12-13H2,1-2H3. The third-order valence-electron chi connectivity index (χ3n) is 6.70. The summed E-state index contributed by atoms with van der Waals surface area (Å²) >= 11 is 0. The van der Waals surface area contributed by atoms with Gasteiger partial charge in [-0.15, -0.1) is 10.2 Å². The lowest BCUT2D eigenvalue weighted by molar-refractivity contribution is -0.137. The molecular formula is C22H28FN5O2. The molecule has 8 heteroatoms. The van der Waals surface area contributed by atoms with E-state index in [0.29, 0.717) is 17.5 Å². The monoisotopic (exact) mass is 413 g/mol. The van der Waals surface area contributed by atoms with E-state index < -0.39 is 5.67 Å². The van der Waals surface area contributed by atoms with E-state index in [9.17, 15) is 9.18 Å². The number of alkyl halides is 1. The Morgan fingerprint density at radius 3 is 2.53 bits per heavy atom. The number of aromatic nitrogens is 3. The van der Waals surface area contributed by atoms with Crippen molar-refractivity contribution in [2.75, 3.05) is 18.0 Å². The molecule has 2 aliphatic heterocycles. The summed E-state index contributed by atoms with van der Waals surface area (Å²) in [5, 5.41) is 7.73. The Morgan fingerprint density at radius 2 is 1.93 bits per heavy atom. The topological polar surface area (TPSA) is 75.4 Å². The van der Waals surface area contributed by atoms with Gasteiger partial charge in [-0.05, 0) is 45.2 Å². The van der Waals surface area contributed by atoms with E-state index >= 15 is 0 Å². The largest absolute Gasteiger partial charge is 0.417 e. The van der Waals surface area contributed by atoms with E-state index in [0.717, 1.165) is 38.2 Å². The molecule has 2 aromatic rings. The molecule has 2 saturated heterocycles. The predicted octanol–water partition coefficient (Wildman–Crippen LogP) is 3.71. The maximum absolute atomic E-state index is 14.0. The summed E-state index contributed by atoms with van der Waals surface area (Å²) in [6.07, 6.45) is 8.44. The van der Waals surface area contributed by atoms with Crippen LogP contribution in [-0.2, 0) is 10.5 Å². The molecule has 1 aliphatic carbocycles. The quantitative estimate of drug-likeness (QED) is 0.761. The SMILES string of the molecule is CC(C)(F)c1nnc(-c2ccc(N3CC4CC3CN4C(=O)C3CCCCC3)nc2)o1. The van der Waals surface area contributed by atoms with Gasteiger partial charge in [0.15, 0.2) is 5.67 Å². The number of nitrogens with zero attached hydrogens (tertiary/aromatic N) is 5. The molecule has 0 N–H and O–H groups in total. The number of hydrogen-bond donors (Lipinski definition) is 0. The third kappa shape index (κ3) is 3.46. The summed E-state index contributed by atoms with van der Waals surface area (Å²) in [7, 11) is 0. The van der Waals surface area contributed by atoms with Crippen molar-refractivity contribution in [1.82, 2.24) is 20.1 Å². The van der Waals surface area contributed by atoms with E-state index in [1.807, 2.05) is 12.1 Å². The Hall–Kier alpha value is -2.51. The van der Waals surface area contributed by atoms with Crippen LogP contribution in [0.2, 0.25) is 0 Å². The van der Waals surface area contributed by atoms with Crippen LogP contribution in [0.15, 0.2) is 22.7 Å². The van der Waals surface area contributed by atoms with Crippen molar-refractivity contribution in [1.29, 1.82) is 0 Å². The van der Waals surface area contributed by atoms with Crippen LogP contribution in [0.5, 0.6) is 0 Å². The van der Waals surface area contributed by atoms with Gasteiger partial charge in [0.1, 0.15) is 5.82 Å². The lowest BCUT2D eigenvalue weighted by atomic mass is 9.88. The van der Waals surface area contributed by atoms with Crippen LogP contribution < -0.4 is 4.90 Å². The van der Waals surface area contributed by atoms with Crippen LogP contribution in [0, 0.1) is 5.92 Å². The van der Waals surface area contributed by atoms with E-state index in [-0.39, 0.29) is 23.7 Å². The second-order valence-corrected chi connectivity index (χ2v) is 9.31. The minimum atomic E-state index is -1.67. The van der Waals surface area contributed by atoms with Gasteiger partial charge in [-0.3, -0.25) is 4.79 Å². The summed E-state index contributed by atoms with van der Waals surface area (Å²) in [6, 6.07) is 4.43. The fourth-order valence-electron chi connectivity index (χ4n) is 5.06. The third-order valence-corrected chi connectivity index (χ3v) is 6.70. The molecule has 1 amide bonds. The fraction of sp³-hybridized carbons (Fsp3) is 0.636. The van der Waals surface area contributed by atoms with Gasteiger partial charge in [0.05, 0.1) is 17.6 Å². The van der Waals surface area contributed by atoms with Gasteiger partial charge in [-0.25, -0.2) is 9.37 Å². The zero-order valence-electron chi connectivity index (χ0n) is 17.6. The molecule has 0 spiro atoms. The Balaban J connectivity index is 1.25. The molecule has 3 aliphatic rings. The molecule has 7 nitrogen and oxygen atoms in total. The van der Waals surface area contributed by atoms with Crippen molar-refractivity contribution in [2.45, 2.75) is 70.1 Å². The second-order valence-electron chi connectivity index (χ2n) is 9.31. The van der Waals surface area contributed by atoms with Crippen molar-refractivity contribution in [2.24, 2.45) is 5.92 Å². The molecule has 3 fully saturated rings. The molecule has 2 aromatic heterocycles. The number of likely N-dealkylation sites (tertiary alicyclic amines) is 1. The molecule has 2 unspecified atom stereocenters. The van der Waals surface area contributed by atoms with Gasteiger partial charge in [-0.2, -0.15) is 0 Å². The summed E-state index contributed by atoms with van der Waals surface area (Å²) in [5.41, 5.74) is -1.01. The van der Waals surface area contributed by atoms with Crippen molar-refractivity contribution in [3.63, 3.8) is 0 Å². The summed E-state index contributed by atoms with van der Waals surface area (Å²) < 4.78 is 19.4. The number of piperazine rings is 1. The first-order valence-electron chi connectivity index (χ1n) is 11.0. The highest BCUT2D eigenvalue weighted by Gasteiger charge is 2.46. The zero-order valence-corrected chi connectivity index (χ0v) is 17.6. The summed E-state index contributed by atoms with van der Waals surface area (Å²) in [5.74, 6) is 1.72. The summed E-state index contributed by atoms with van der Waals surface area (Å²) in [4.78, 5) is 22.0. The molecule has 4 heterocycles. The molecule has 0 radical (unpaired) electrons. The summed E-state index contributed by atoms with van der Waals surface area (Å²) in [6.45, 7) is 4.39. The average Bonchev–Trinajstić information content (AvgIpc) is 3.49. The Morgan fingerprint density at radius 1 is 1.13 bits per heavy atom. The van der Waals surface area contributed by atoms with Crippen LogP contribution in [0.25, 0.3) is 11.5 Å². The molecule has 2 atom stereocenters. The Kier molecular flexibility index (Phi) is 4.75. The van der Waals surface area contributed by atoms with Crippen molar-refractivity contribution < 1.29 is 13.6 Å². The highest BCUT2D eigenvalue weighted by Crippen LogP contribution is 2.37. The van der Waals surface area contributed by atoms with E-state index in [4.69, 9.17) is 4.42 Å². The number of pyridine rings is 1. The zero-order chi connectivity index (χ0) is 20.9. The van der Waals surface area contributed by atoms with Gasteiger partial charge in [-0.1, -0.05) is 19.3 Å². The van der Waals surface area contributed by atoms with E-state index in [1.165, 1.54) is 33.1 Å². The van der Waals surface area contributed by atoms with Gasteiger partial charge in [0.2, 0.25) is 11.8 Å². The van der Waals surface area contributed by atoms with Crippen LogP contribution in [-0.4, -0.2) is 51.2 Å². The lowest BCUT2D eigenvalue weighted by Crippen LogP contribution is -2.50. The average molecular weight is 413 g/mol. The molecule has 160 valence electrons. The molecule has 30 heavy (non-hydrogen) atoms. The van der Waals surface area contributed by atoms with Crippen molar-refractivity contribution >= 4 is 11.7 Å². The first kappa shape index (κ1) is 19.5. The van der Waals surface area contributed by atoms with Crippen molar-refractivity contribution in [3.05, 3.63) is 24.2 Å². The van der Waals surface area contributed by atoms with Gasteiger partial charge in [0, 0.05) is 25.2 Å². The highest BCUT2D eigenvalue weighted by molar-refractivity contribution is 5.80. The maximum Gasteiger partial charge on any atom is 0.253 e. The molecule has 0 aromatic carbocycles. The van der Waals surface area contributed by atoms with Crippen LogP contribution in [0.1, 0.15) is 58.3 Å². The second kappa shape index (κ2) is 7.32. The molecular weight excluding hydrogens is 385 g/mol. The number of hydrogen-bond acceptors (Lipinski definition) is 6. The van der Waals surface area contributed by atoms with E-state index in [1.54, 1.807) is 6.20 Å². The molecule has 1 saturated carbocycles. The van der Waals surface area contributed by atoms with Crippen LogP contribution in [0.3, 0.4) is 0 Å². The number of amides is 1. The first-order valence-corrected chi connectivity index (χ1v) is 11.0. The Bertz CT molecular complexity index is 916. The normalized spacial score (nSPS) is 24.6. The van der Waals surface area contributed by atoms with Gasteiger partial charge < -0.3 is 14.2 Å². The predicted molar refractivity (Wildman–Crippen MR) is 109 cm³/mol. The number of carbonyl (C=O) groups excluding carboxylic acids is 1. The lowest BCUT2D eigenvalue weighted by Gasteiger charge is -2.37. The minimum absolute atomic E-state index is 0.0406. The number of halogens is 1. The molecule has 2 bridgehead atoms. The Labute approximate surface area is 175 Å². The van der Waals surface area contributed by atoms with Crippen LogP contribution >= 0.6 is 0 Å². The fourth-order valence-corrected chi connectivity index (χ4v) is 5.06. The smallest absolute Gasteiger partial charge is 0.253 e. The van der Waals surface area contributed by atoms with Gasteiger partial charge >= 0.3 is 0 Å². The number of rotatable bonds is 4. The highest BCUT2D eigenvalue weighted by atomic mass is 19.1. The maximum atomic E-state index is 14.0. The van der Waals surface area contributed by atoms with Gasteiger partial charge in [0.25, 0.3) is 5.89 Å². The first-order chi connectivity index (χ1) is 14.4. The number of carbonyl (C=O) groups is 1. The number of fused-ring (bicyclic) bond motifs is 2. The number of anilines is 1. The van der Waals surface area contributed by atoms with Crippen molar-refractivity contribution in [3.8, 4) is 11.5 Å². The van der Waals surface area contributed by atoms with E-state index in [2.05, 4.69) is 25.0 Å².